The summed E-state index contributed by atoms with van der Waals surface area (Å²) in [6.07, 6.45) is 0.816. The topological polar surface area (TPSA) is 52.9 Å². The van der Waals surface area contributed by atoms with E-state index in [4.69, 9.17) is 14.2 Å². The zero-order valence-corrected chi connectivity index (χ0v) is 17.8. The lowest BCUT2D eigenvalue weighted by Gasteiger charge is -2.41. The predicted octanol–water partition coefficient (Wildman–Crippen LogP) is 4.12. The Bertz CT molecular complexity index is 1160. The number of methoxy groups -OCH3 is 1. The maximum Gasteiger partial charge on any atom is 0.340 e. The number of esters is 1. The van der Waals surface area contributed by atoms with Gasteiger partial charge in [-0.15, -0.1) is 0 Å². The fraction of sp³-hybridized carbons (Fsp3) is 0.375. The van der Waals surface area contributed by atoms with Crippen LogP contribution >= 0.6 is 0 Å². The Morgan fingerprint density at radius 2 is 2.10 bits per heavy atom. The average Bonchev–Trinajstić information content (AvgIpc) is 3.02. The van der Waals surface area contributed by atoms with Gasteiger partial charge in [-0.05, 0) is 56.2 Å². The first-order valence-corrected chi connectivity index (χ1v) is 10.4. The van der Waals surface area contributed by atoms with Crippen LogP contribution in [-0.4, -0.2) is 35.7 Å². The molecule has 3 aromatic rings. The second-order valence-electron chi connectivity index (χ2n) is 7.93. The lowest BCUT2D eigenvalue weighted by molar-refractivity contribution is -0.00960. The number of fused-ring (bicyclic) bond motifs is 6. The fourth-order valence-electron chi connectivity index (χ4n) is 4.79. The van der Waals surface area contributed by atoms with Gasteiger partial charge in [0.2, 0.25) is 0 Å². The SMILES string of the molecule is CCOC(=O)c1c(C)n(C)c2ccc3c(c12)CN1CCc2cc(OC)ccc2C1O3. The first-order valence-electron chi connectivity index (χ1n) is 10.4. The standard InChI is InChI=1S/C24H26N2O4/c1-5-29-24(27)21-14(2)25(3)19-8-9-20-18(22(19)21)13-26-11-10-15-12-16(28-4)6-7-17(15)23(26)30-20/h6-9,12,23H,5,10-11,13H2,1-4H3. The average molecular weight is 406 g/mol. The van der Waals surface area contributed by atoms with Gasteiger partial charge in [0.25, 0.3) is 0 Å². The molecule has 0 saturated heterocycles. The lowest BCUT2D eigenvalue weighted by atomic mass is 9.94. The molecule has 0 bridgehead atoms. The van der Waals surface area contributed by atoms with Gasteiger partial charge in [-0.2, -0.15) is 0 Å². The van der Waals surface area contributed by atoms with E-state index >= 15 is 0 Å². The summed E-state index contributed by atoms with van der Waals surface area (Å²) in [6.45, 7) is 5.78. The summed E-state index contributed by atoms with van der Waals surface area (Å²) in [5, 5.41) is 0.949. The maximum atomic E-state index is 12.8. The second-order valence-corrected chi connectivity index (χ2v) is 7.93. The molecule has 5 rings (SSSR count). The van der Waals surface area contributed by atoms with Gasteiger partial charge in [-0.3, -0.25) is 4.90 Å². The van der Waals surface area contributed by atoms with Crippen LogP contribution in [0.3, 0.4) is 0 Å². The molecule has 1 aromatic heterocycles. The summed E-state index contributed by atoms with van der Waals surface area (Å²) >= 11 is 0. The molecule has 0 aliphatic carbocycles. The third-order valence-electron chi connectivity index (χ3n) is 6.42. The van der Waals surface area contributed by atoms with Crippen molar-refractivity contribution >= 4 is 16.9 Å². The predicted molar refractivity (Wildman–Crippen MR) is 114 cm³/mol. The molecule has 0 amide bonds. The smallest absolute Gasteiger partial charge is 0.340 e. The van der Waals surface area contributed by atoms with Gasteiger partial charge >= 0.3 is 5.97 Å². The monoisotopic (exact) mass is 406 g/mol. The molecule has 156 valence electrons. The van der Waals surface area contributed by atoms with Crippen molar-refractivity contribution in [2.45, 2.75) is 33.0 Å². The molecule has 2 aliphatic rings. The number of benzene rings is 2. The molecule has 0 radical (unpaired) electrons. The van der Waals surface area contributed by atoms with E-state index in [0.717, 1.165) is 53.2 Å². The molecule has 6 heteroatoms. The summed E-state index contributed by atoms with van der Waals surface area (Å²) < 4.78 is 19.3. The number of rotatable bonds is 3. The van der Waals surface area contributed by atoms with Crippen molar-refractivity contribution in [2.24, 2.45) is 7.05 Å². The Morgan fingerprint density at radius 1 is 1.27 bits per heavy atom. The Labute approximate surface area is 175 Å². The minimum atomic E-state index is -0.271. The van der Waals surface area contributed by atoms with Gasteiger partial charge < -0.3 is 18.8 Å². The fourth-order valence-corrected chi connectivity index (χ4v) is 4.79. The number of ether oxygens (including phenoxy) is 3. The molecule has 2 aliphatic heterocycles. The molecule has 0 N–H and O–H groups in total. The van der Waals surface area contributed by atoms with E-state index in [2.05, 4.69) is 21.6 Å². The molecular formula is C24H26N2O4. The summed E-state index contributed by atoms with van der Waals surface area (Å²) in [6, 6.07) is 10.3. The first-order chi connectivity index (χ1) is 14.5. The van der Waals surface area contributed by atoms with Gasteiger partial charge in [0.1, 0.15) is 11.5 Å². The van der Waals surface area contributed by atoms with Crippen molar-refractivity contribution in [3.63, 3.8) is 0 Å². The van der Waals surface area contributed by atoms with Crippen molar-refractivity contribution in [3.8, 4) is 11.5 Å². The summed E-state index contributed by atoms with van der Waals surface area (Å²) in [4.78, 5) is 15.1. The highest BCUT2D eigenvalue weighted by Gasteiger charge is 2.36. The largest absolute Gasteiger partial charge is 0.497 e. The summed E-state index contributed by atoms with van der Waals surface area (Å²) in [7, 11) is 3.68. The van der Waals surface area contributed by atoms with E-state index in [-0.39, 0.29) is 12.2 Å². The number of aromatic nitrogens is 1. The van der Waals surface area contributed by atoms with Crippen LogP contribution < -0.4 is 9.47 Å². The molecule has 0 saturated carbocycles. The zero-order chi connectivity index (χ0) is 21.0. The van der Waals surface area contributed by atoms with E-state index in [1.54, 1.807) is 7.11 Å². The Kier molecular flexibility index (Phi) is 4.47. The van der Waals surface area contributed by atoms with Crippen LogP contribution in [0.1, 0.15) is 45.9 Å². The first kappa shape index (κ1) is 19.0. The Hall–Kier alpha value is -2.99. The highest BCUT2D eigenvalue weighted by atomic mass is 16.5. The minimum Gasteiger partial charge on any atom is -0.497 e. The van der Waals surface area contributed by atoms with E-state index in [1.165, 1.54) is 11.1 Å². The van der Waals surface area contributed by atoms with Gasteiger partial charge in [0.05, 0.1) is 19.3 Å². The second kappa shape index (κ2) is 7.06. The molecule has 1 atom stereocenters. The van der Waals surface area contributed by atoms with Crippen LogP contribution in [0.15, 0.2) is 30.3 Å². The zero-order valence-electron chi connectivity index (χ0n) is 17.8. The number of aryl methyl sites for hydroxylation is 1. The molecule has 0 fully saturated rings. The van der Waals surface area contributed by atoms with Crippen molar-refractivity contribution in [1.82, 2.24) is 9.47 Å². The van der Waals surface area contributed by atoms with Crippen LogP contribution in [0, 0.1) is 6.92 Å². The third kappa shape index (κ3) is 2.70. The number of carbonyl (C=O) groups excluding carboxylic acids is 1. The van der Waals surface area contributed by atoms with Crippen LogP contribution in [-0.2, 0) is 24.8 Å². The molecule has 3 heterocycles. The Morgan fingerprint density at radius 3 is 2.87 bits per heavy atom. The highest BCUT2D eigenvalue weighted by molar-refractivity contribution is 6.08. The third-order valence-corrected chi connectivity index (χ3v) is 6.42. The van der Waals surface area contributed by atoms with Gasteiger partial charge in [0, 0.05) is 47.9 Å². The van der Waals surface area contributed by atoms with Crippen LogP contribution in [0.5, 0.6) is 11.5 Å². The number of hydrogen-bond acceptors (Lipinski definition) is 5. The van der Waals surface area contributed by atoms with E-state index in [0.29, 0.717) is 12.2 Å². The minimum absolute atomic E-state index is 0.125. The normalized spacial score (nSPS) is 17.7. The van der Waals surface area contributed by atoms with Crippen LogP contribution in [0.4, 0.5) is 0 Å². The van der Waals surface area contributed by atoms with Crippen molar-refractivity contribution < 1.29 is 19.0 Å². The lowest BCUT2D eigenvalue weighted by Crippen LogP contribution is -2.40. The number of hydrogen-bond donors (Lipinski definition) is 0. The molecule has 30 heavy (non-hydrogen) atoms. The van der Waals surface area contributed by atoms with Gasteiger partial charge in [-0.25, -0.2) is 4.79 Å². The van der Waals surface area contributed by atoms with Crippen molar-refractivity contribution in [1.29, 1.82) is 0 Å². The summed E-state index contributed by atoms with van der Waals surface area (Å²) in [5.74, 6) is 1.44. The van der Waals surface area contributed by atoms with Crippen molar-refractivity contribution in [3.05, 3.63) is 58.3 Å². The Balaban J connectivity index is 1.63. The molecule has 0 spiro atoms. The molecular weight excluding hydrogens is 380 g/mol. The van der Waals surface area contributed by atoms with E-state index in [1.807, 2.05) is 39.1 Å². The number of nitrogens with zero attached hydrogens (tertiary/aromatic N) is 2. The van der Waals surface area contributed by atoms with Gasteiger partial charge in [0.15, 0.2) is 6.23 Å². The molecule has 6 nitrogen and oxygen atoms in total. The van der Waals surface area contributed by atoms with E-state index in [9.17, 15) is 4.79 Å². The van der Waals surface area contributed by atoms with E-state index < -0.39 is 0 Å². The maximum absolute atomic E-state index is 12.8. The highest BCUT2D eigenvalue weighted by Crippen LogP contribution is 2.44. The molecule has 1 unspecified atom stereocenters. The quantitative estimate of drug-likeness (QED) is 0.613. The molecule has 2 aromatic carbocycles. The van der Waals surface area contributed by atoms with Crippen molar-refractivity contribution in [2.75, 3.05) is 20.3 Å². The number of carbonyl (C=O) groups is 1. The van der Waals surface area contributed by atoms with Crippen LogP contribution in [0.2, 0.25) is 0 Å². The summed E-state index contributed by atoms with van der Waals surface area (Å²) in [5.41, 5.74) is 6.10. The van der Waals surface area contributed by atoms with Gasteiger partial charge in [-0.1, -0.05) is 0 Å². The van der Waals surface area contributed by atoms with Crippen LogP contribution in [0.25, 0.3) is 10.9 Å².